The summed E-state index contributed by atoms with van der Waals surface area (Å²) in [7, 11) is 0. The van der Waals surface area contributed by atoms with E-state index in [2.05, 4.69) is 11.1 Å². The van der Waals surface area contributed by atoms with E-state index in [4.69, 9.17) is 9.15 Å². The highest BCUT2D eigenvalue weighted by molar-refractivity contribution is 5.94. The molecule has 4 rings (SSSR count). The number of nitriles is 1. The van der Waals surface area contributed by atoms with Gasteiger partial charge in [-0.15, -0.1) is 0 Å². The van der Waals surface area contributed by atoms with Gasteiger partial charge in [0.2, 0.25) is 5.88 Å². The molecule has 0 aliphatic heterocycles. The topological polar surface area (TPSA) is 81.0 Å². The number of nitrogens with zero attached hydrogens (tertiary/aromatic N) is 3. The van der Waals surface area contributed by atoms with Crippen LogP contribution in [0.25, 0.3) is 16.8 Å². The molecule has 6 heteroatoms. The highest BCUT2D eigenvalue weighted by Gasteiger charge is 2.25. The third-order valence-corrected chi connectivity index (χ3v) is 4.30. The van der Waals surface area contributed by atoms with Crippen molar-refractivity contribution in [1.29, 1.82) is 5.26 Å². The molecule has 6 nitrogen and oxygen atoms in total. The fourth-order valence-electron chi connectivity index (χ4n) is 3.03. The zero-order valence-corrected chi connectivity index (χ0v) is 14.5. The Balaban J connectivity index is 1.63. The lowest BCUT2D eigenvalue weighted by molar-refractivity contribution is 0.0472. The normalized spacial score (nSPS) is 10.7. The summed E-state index contributed by atoms with van der Waals surface area (Å²) in [6, 6.07) is 15.2. The predicted octanol–water partition coefficient (Wildman–Crippen LogP) is 4.16. The van der Waals surface area contributed by atoms with Crippen LogP contribution in [0.3, 0.4) is 0 Å². The molecule has 0 amide bonds. The Morgan fingerprint density at radius 1 is 1.22 bits per heavy atom. The van der Waals surface area contributed by atoms with Gasteiger partial charge in [-0.2, -0.15) is 5.26 Å². The molecule has 0 atom stereocenters. The van der Waals surface area contributed by atoms with E-state index in [-0.39, 0.29) is 17.7 Å². The average Bonchev–Trinajstić information content (AvgIpc) is 3.33. The number of aromatic nitrogens is 2. The summed E-state index contributed by atoms with van der Waals surface area (Å²) in [6.45, 7) is 1.70. The first-order chi connectivity index (χ1) is 13.2. The van der Waals surface area contributed by atoms with Crippen molar-refractivity contribution in [3.63, 3.8) is 0 Å². The SMILES string of the molecule is Cc1oc(-n2cccc2)c(C#N)c1C(=O)OCc1cccc2cccnc12. The Bertz CT molecular complexity index is 1160. The van der Waals surface area contributed by atoms with Crippen molar-refractivity contribution in [3.05, 3.63) is 83.5 Å². The number of carbonyl (C=O) groups excluding carboxylic acids is 1. The second kappa shape index (κ2) is 6.81. The number of aryl methyl sites for hydroxylation is 1. The maximum Gasteiger partial charge on any atom is 0.343 e. The lowest BCUT2D eigenvalue weighted by atomic mass is 10.1. The molecule has 0 unspecified atom stereocenters. The number of carbonyl (C=O) groups is 1. The highest BCUT2D eigenvalue weighted by atomic mass is 16.5. The molecule has 132 valence electrons. The molecule has 1 aromatic carbocycles. The Morgan fingerprint density at radius 2 is 2.00 bits per heavy atom. The Labute approximate surface area is 155 Å². The molecular formula is C21H15N3O3. The first kappa shape index (κ1) is 16.6. The molecule has 0 aliphatic rings. The second-order valence-corrected chi connectivity index (χ2v) is 5.98. The number of ether oxygens (including phenoxy) is 1. The monoisotopic (exact) mass is 357 g/mol. The molecule has 0 fully saturated rings. The summed E-state index contributed by atoms with van der Waals surface area (Å²) >= 11 is 0. The van der Waals surface area contributed by atoms with Gasteiger partial charge in [-0.1, -0.05) is 24.3 Å². The van der Waals surface area contributed by atoms with Crippen molar-refractivity contribution in [2.24, 2.45) is 0 Å². The zero-order valence-electron chi connectivity index (χ0n) is 14.5. The van der Waals surface area contributed by atoms with Crippen LogP contribution in [-0.4, -0.2) is 15.5 Å². The van der Waals surface area contributed by atoms with Gasteiger partial charge in [0.15, 0.2) is 0 Å². The molecule has 0 bridgehead atoms. The van der Waals surface area contributed by atoms with Gasteiger partial charge in [-0.25, -0.2) is 4.79 Å². The number of hydrogen-bond donors (Lipinski definition) is 0. The quantitative estimate of drug-likeness (QED) is 0.512. The number of pyridine rings is 1. The Morgan fingerprint density at radius 3 is 2.78 bits per heavy atom. The van der Waals surface area contributed by atoms with Crippen molar-refractivity contribution in [2.75, 3.05) is 0 Å². The minimum Gasteiger partial charge on any atom is -0.457 e. The maximum absolute atomic E-state index is 12.7. The Hall–Kier alpha value is -3.85. The van der Waals surface area contributed by atoms with Gasteiger partial charge in [0, 0.05) is 29.5 Å². The third kappa shape index (κ3) is 2.96. The summed E-state index contributed by atoms with van der Waals surface area (Å²) in [5.74, 6) is 0.0502. The van der Waals surface area contributed by atoms with Crippen LogP contribution in [0.2, 0.25) is 0 Å². The van der Waals surface area contributed by atoms with Gasteiger partial charge in [0.05, 0.1) is 5.52 Å². The van der Waals surface area contributed by atoms with Crippen molar-refractivity contribution in [3.8, 4) is 12.0 Å². The fourth-order valence-corrected chi connectivity index (χ4v) is 3.03. The zero-order chi connectivity index (χ0) is 18.8. The lowest BCUT2D eigenvalue weighted by Crippen LogP contribution is -2.08. The van der Waals surface area contributed by atoms with Crippen molar-refractivity contribution in [2.45, 2.75) is 13.5 Å². The minimum atomic E-state index is -0.598. The van der Waals surface area contributed by atoms with Crippen molar-refractivity contribution < 1.29 is 13.9 Å². The largest absolute Gasteiger partial charge is 0.457 e. The van der Waals surface area contributed by atoms with E-state index in [0.717, 1.165) is 16.5 Å². The van der Waals surface area contributed by atoms with E-state index >= 15 is 0 Å². The van der Waals surface area contributed by atoms with E-state index in [0.29, 0.717) is 11.6 Å². The van der Waals surface area contributed by atoms with Gasteiger partial charge >= 0.3 is 5.97 Å². The van der Waals surface area contributed by atoms with Crippen LogP contribution in [0.5, 0.6) is 0 Å². The van der Waals surface area contributed by atoms with Crippen LogP contribution >= 0.6 is 0 Å². The molecule has 0 aliphatic carbocycles. The van der Waals surface area contributed by atoms with E-state index in [9.17, 15) is 10.1 Å². The van der Waals surface area contributed by atoms with Gasteiger partial charge in [0.25, 0.3) is 0 Å². The van der Waals surface area contributed by atoms with Crippen molar-refractivity contribution in [1.82, 2.24) is 9.55 Å². The maximum atomic E-state index is 12.7. The summed E-state index contributed by atoms with van der Waals surface area (Å²) in [5, 5.41) is 10.5. The molecule has 0 radical (unpaired) electrons. The van der Waals surface area contributed by atoms with E-state index in [1.807, 2.05) is 42.5 Å². The summed E-state index contributed by atoms with van der Waals surface area (Å²) < 4.78 is 12.8. The average molecular weight is 357 g/mol. The van der Waals surface area contributed by atoms with Crippen molar-refractivity contribution >= 4 is 16.9 Å². The fraction of sp³-hybridized carbons (Fsp3) is 0.0952. The van der Waals surface area contributed by atoms with Crippen LogP contribution in [0.15, 0.2) is 65.5 Å². The Kier molecular flexibility index (Phi) is 4.19. The molecule has 27 heavy (non-hydrogen) atoms. The first-order valence-corrected chi connectivity index (χ1v) is 8.35. The van der Waals surface area contributed by atoms with E-state index in [1.165, 1.54) is 0 Å². The van der Waals surface area contributed by atoms with Gasteiger partial charge < -0.3 is 9.15 Å². The molecule has 3 aromatic heterocycles. The molecule has 4 aromatic rings. The van der Waals surface area contributed by atoms with Gasteiger partial charge in [-0.3, -0.25) is 9.55 Å². The molecule has 0 N–H and O–H groups in total. The van der Waals surface area contributed by atoms with Crippen LogP contribution < -0.4 is 0 Å². The molecular weight excluding hydrogens is 342 g/mol. The number of benzene rings is 1. The first-order valence-electron chi connectivity index (χ1n) is 8.35. The summed E-state index contributed by atoms with van der Waals surface area (Å²) in [6.07, 6.45) is 5.19. The molecule has 0 saturated heterocycles. The molecule has 3 heterocycles. The lowest BCUT2D eigenvalue weighted by Gasteiger charge is -2.07. The number of hydrogen-bond acceptors (Lipinski definition) is 5. The highest BCUT2D eigenvalue weighted by Crippen LogP contribution is 2.26. The third-order valence-electron chi connectivity index (χ3n) is 4.30. The van der Waals surface area contributed by atoms with E-state index in [1.54, 1.807) is 30.1 Å². The van der Waals surface area contributed by atoms with Crippen LogP contribution in [-0.2, 0) is 11.3 Å². The smallest absolute Gasteiger partial charge is 0.343 e. The molecule has 0 spiro atoms. The van der Waals surface area contributed by atoms with E-state index < -0.39 is 5.97 Å². The number of fused-ring (bicyclic) bond motifs is 1. The molecule has 0 saturated carbocycles. The second-order valence-electron chi connectivity index (χ2n) is 5.98. The van der Waals surface area contributed by atoms with Gasteiger partial charge in [0.1, 0.15) is 29.6 Å². The number of para-hydroxylation sites is 1. The van der Waals surface area contributed by atoms with Gasteiger partial charge in [-0.05, 0) is 25.1 Å². The summed E-state index contributed by atoms with van der Waals surface area (Å²) in [4.78, 5) is 17.0. The summed E-state index contributed by atoms with van der Waals surface area (Å²) in [5.41, 5.74) is 1.89. The number of esters is 1. The minimum absolute atomic E-state index is 0.0571. The number of furan rings is 1. The standard InChI is InChI=1S/C21H15N3O3/c1-14-18(17(12-22)20(27-14)24-10-2-3-11-24)21(25)26-13-16-7-4-6-15-8-5-9-23-19(15)16/h2-11H,13H2,1H3. The van der Waals surface area contributed by atoms with Crippen LogP contribution in [0.1, 0.15) is 27.2 Å². The number of rotatable bonds is 4. The predicted molar refractivity (Wildman–Crippen MR) is 98.3 cm³/mol. The van der Waals surface area contributed by atoms with Crippen LogP contribution in [0, 0.1) is 18.3 Å². The van der Waals surface area contributed by atoms with Crippen LogP contribution in [0.4, 0.5) is 0 Å².